The van der Waals surface area contributed by atoms with Crippen LogP contribution in [0.5, 0.6) is 5.75 Å². The van der Waals surface area contributed by atoms with E-state index in [9.17, 15) is 9.59 Å². The van der Waals surface area contributed by atoms with Gasteiger partial charge in [0.15, 0.2) is 0 Å². The number of fused-ring (bicyclic) bond motifs is 4. The van der Waals surface area contributed by atoms with Gasteiger partial charge >= 0.3 is 11.9 Å². The minimum absolute atomic E-state index is 0.360. The van der Waals surface area contributed by atoms with Gasteiger partial charge in [-0.15, -0.1) is 11.3 Å². The van der Waals surface area contributed by atoms with Crippen LogP contribution in [0.3, 0.4) is 0 Å². The van der Waals surface area contributed by atoms with Crippen LogP contribution in [0.15, 0.2) is 41.9 Å². The van der Waals surface area contributed by atoms with E-state index in [1.54, 1.807) is 17.5 Å². The maximum Gasteiger partial charge on any atom is 0.339 e. The molecule has 0 unspecified atom stereocenters. The zero-order valence-corrected chi connectivity index (χ0v) is 24.9. The molecular weight excluding hydrogens is 528 g/mol. The molecule has 2 aromatic heterocycles. The zero-order valence-electron chi connectivity index (χ0n) is 23.1. The number of aryl methyl sites for hydroxylation is 1. The number of nitrogens with zero attached hydrogens (tertiary/aromatic N) is 2. The van der Waals surface area contributed by atoms with Gasteiger partial charge in [-0.1, -0.05) is 32.6 Å². The highest BCUT2D eigenvalue weighted by Gasteiger charge is 2.28. The summed E-state index contributed by atoms with van der Waals surface area (Å²) in [6.07, 6.45) is 3.39. The third-order valence-corrected chi connectivity index (χ3v) is 9.68. The third kappa shape index (κ3) is 5.38. The zero-order chi connectivity index (χ0) is 27.7. The summed E-state index contributed by atoms with van der Waals surface area (Å²) in [6, 6.07) is 10.5. The summed E-state index contributed by atoms with van der Waals surface area (Å²) < 4.78 is 19.1. The summed E-state index contributed by atoms with van der Waals surface area (Å²) in [5.74, 6) is -0.213. The minimum atomic E-state index is -1.40. The quantitative estimate of drug-likeness (QED) is 0.169. The number of carbonyl (C=O) groups excluding carboxylic acids is 2. The van der Waals surface area contributed by atoms with Crippen molar-refractivity contribution in [3.63, 3.8) is 0 Å². The van der Waals surface area contributed by atoms with Gasteiger partial charge in [0.2, 0.25) is 0 Å². The molecule has 2 aromatic carbocycles. The summed E-state index contributed by atoms with van der Waals surface area (Å²) in [5.41, 5.74) is 4.86. The molecule has 0 radical (unpaired) electrons. The summed E-state index contributed by atoms with van der Waals surface area (Å²) >= 11 is 1.63. The molecule has 0 saturated carbocycles. The van der Waals surface area contributed by atoms with Crippen molar-refractivity contribution in [3.05, 3.63) is 58.6 Å². The van der Waals surface area contributed by atoms with Gasteiger partial charge in [0, 0.05) is 42.4 Å². The van der Waals surface area contributed by atoms with E-state index < -0.39 is 20.0 Å². The highest BCUT2D eigenvalue weighted by Crippen LogP contribution is 2.44. The molecule has 9 heteroatoms. The van der Waals surface area contributed by atoms with Gasteiger partial charge in [-0.25, -0.2) is 9.59 Å². The molecule has 0 spiro atoms. The van der Waals surface area contributed by atoms with Crippen molar-refractivity contribution in [1.82, 2.24) is 9.78 Å². The normalized spacial score (nSPS) is 12.8. The van der Waals surface area contributed by atoms with Crippen LogP contribution in [0.25, 0.3) is 32.5 Å². The fraction of sp³-hybridized carbons (Fsp3) is 0.367. The Labute approximate surface area is 233 Å². The van der Waals surface area contributed by atoms with Crippen LogP contribution in [-0.4, -0.2) is 50.1 Å². The van der Waals surface area contributed by atoms with Crippen LogP contribution < -0.4 is 4.74 Å². The number of hydrogen-bond acceptors (Lipinski definition) is 7. The average molecular weight is 563 g/mol. The van der Waals surface area contributed by atoms with Crippen molar-refractivity contribution >= 4 is 42.3 Å². The Hall–Kier alpha value is -3.43. The first-order valence-corrected chi connectivity index (χ1v) is 17.9. The molecule has 0 bridgehead atoms. The predicted molar refractivity (Wildman–Crippen MR) is 158 cm³/mol. The predicted octanol–water partition coefficient (Wildman–Crippen LogP) is 7.06. The van der Waals surface area contributed by atoms with Gasteiger partial charge in [0.1, 0.15) is 5.75 Å². The molecule has 1 aliphatic rings. The van der Waals surface area contributed by atoms with Gasteiger partial charge in [-0.05, 0) is 53.2 Å². The number of esters is 2. The molecule has 204 valence electrons. The topological polar surface area (TPSA) is 79.7 Å². The largest absolute Gasteiger partial charge is 0.493 e. The fourth-order valence-electron chi connectivity index (χ4n) is 4.93. The molecule has 4 aromatic rings. The van der Waals surface area contributed by atoms with E-state index in [0.717, 1.165) is 41.4 Å². The van der Waals surface area contributed by atoms with Gasteiger partial charge in [0.05, 0.1) is 43.2 Å². The fourth-order valence-corrected chi connectivity index (χ4v) is 6.62. The molecule has 3 heterocycles. The lowest BCUT2D eigenvalue weighted by Crippen LogP contribution is -2.23. The van der Waals surface area contributed by atoms with E-state index in [-0.39, 0.29) is 0 Å². The van der Waals surface area contributed by atoms with Gasteiger partial charge in [-0.3, -0.25) is 4.68 Å². The second kappa shape index (κ2) is 11.0. The van der Waals surface area contributed by atoms with Crippen LogP contribution in [-0.2, 0) is 22.4 Å². The Morgan fingerprint density at radius 3 is 2.67 bits per heavy atom. The first-order valence-electron chi connectivity index (χ1n) is 13.3. The second-order valence-electron chi connectivity index (χ2n) is 11.0. The maximum atomic E-state index is 13.7. The maximum absolute atomic E-state index is 13.7. The number of methoxy groups -OCH3 is 1. The van der Waals surface area contributed by atoms with Gasteiger partial charge in [-0.2, -0.15) is 5.10 Å². The van der Waals surface area contributed by atoms with E-state index in [0.29, 0.717) is 46.6 Å². The SMILES string of the molecule is CCCn1ncc2c(C(=O)OC)c(-c3cc4c(cc3C(=O)OCC[Si](C)(C)C)-c3sccc3CCO4)ccc21. The lowest BCUT2D eigenvalue weighted by Gasteiger charge is -2.19. The lowest BCUT2D eigenvalue weighted by atomic mass is 9.91. The van der Waals surface area contributed by atoms with Crippen molar-refractivity contribution in [2.24, 2.45) is 0 Å². The van der Waals surface area contributed by atoms with Crippen LogP contribution in [0.4, 0.5) is 0 Å². The monoisotopic (exact) mass is 562 g/mol. The number of benzene rings is 2. The highest BCUT2D eigenvalue weighted by atomic mass is 32.1. The van der Waals surface area contributed by atoms with Crippen LogP contribution in [0.2, 0.25) is 25.7 Å². The second-order valence-corrected chi connectivity index (χ2v) is 17.5. The number of rotatable bonds is 8. The molecule has 7 nitrogen and oxygen atoms in total. The van der Waals surface area contributed by atoms with Crippen molar-refractivity contribution in [1.29, 1.82) is 0 Å². The minimum Gasteiger partial charge on any atom is -0.493 e. The molecule has 0 amide bonds. The Bertz CT molecular complexity index is 1550. The Kier molecular flexibility index (Phi) is 7.64. The average Bonchev–Trinajstić information content (AvgIpc) is 3.50. The molecule has 0 aliphatic carbocycles. The van der Waals surface area contributed by atoms with Crippen LogP contribution in [0.1, 0.15) is 39.6 Å². The first kappa shape index (κ1) is 27.1. The van der Waals surface area contributed by atoms with Crippen molar-refractivity contribution in [2.45, 2.75) is 52.0 Å². The first-order chi connectivity index (χ1) is 18.7. The number of hydrogen-bond donors (Lipinski definition) is 0. The standard InChI is InChI=1S/C30H34N2O5SSi/c1-6-11-32-25-8-7-20(27(30(34)35-2)24(25)18-31-32)21-17-26-23(28-19(9-12-36-26)10-14-38-28)16-22(21)29(33)37-13-15-39(3,4)5/h7-8,10,14,16-18H,6,9,11-13,15H2,1-5H3. The van der Waals surface area contributed by atoms with Gasteiger partial charge in [0.25, 0.3) is 0 Å². The Morgan fingerprint density at radius 2 is 1.92 bits per heavy atom. The van der Waals surface area contributed by atoms with Crippen LogP contribution >= 0.6 is 11.3 Å². The molecule has 0 atom stereocenters. The number of ether oxygens (including phenoxy) is 3. The Balaban J connectivity index is 1.71. The van der Waals surface area contributed by atoms with Crippen molar-refractivity contribution in [3.8, 4) is 27.3 Å². The van der Waals surface area contributed by atoms with Crippen molar-refractivity contribution in [2.75, 3.05) is 20.3 Å². The van der Waals surface area contributed by atoms with E-state index in [4.69, 9.17) is 14.2 Å². The van der Waals surface area contributed by atoms with E-state index in [1.807, 2.05) is 28.9 Å². The molecule has 0 saturated heterocycles. The molecular formula is C30H34N2O5SSi. The molecule has 0 N–H and O–H groups in total. The number of thiophene rings is 1. The Morgan fingerprint density at radius 1 is 1.10 bits per heavy atom. The number of carbonyl (C=O) groups is 2. The summed E-state index contributed by atoms with van der Waals surface area (Å²) in [6.45, 7) is 10.5. The van der Waals surface area contributed by atoms with Crippen LogP contribution in [0, 0.1) is 0 Å². The van der Waals surface area contributed by atoms with E-state index >= 15 is 0 Å². The summed E-state index contributed by atoms with van der Waals surface area (Å²) in [7, 11) is -0.0344. The van der Waals surface area contributed by atoms with Crippen molar-refractivity contribution < 1.29 is 23.8 Å². The summed E-state index contributed by atoms with van der Waals surface area (Å²) in [5, 5.41) is 7.27. The molecule has 5 rings (SSSR count). The molecule has 39 heavy (non-hydrogen) atoms. The van der Waals surface area contributed by atoms with E-state index in [1.165, 1.54) is 12.7 Å². The smallest absolute Gasteiger partial charge is 0.339 e. The highest BCUT2D eigenvalue weighted by molar-refractivity contribution is 7.13. The summed E-state index contributed by atoms with van der Waals surface area (Å²) in [4.78, 5) is 28.0. The van der Waals surface area contributed by atoms with Gasteiger partial charge < -0.3 is 14.2 Å². The third-order valence-electron chi connectivity index (χ3n) is 6.99. The van der Waals surface area contributed by atoms with E-state index in [2.05, 4.69) is 43.1 Å². The molecule has 0 fully saturated rings. The number of aromatic nitrogens is 2. The molecule has 1 aliphatic heterocycles. The lowest BCUT2D eigenvalue weighted by molar-refractivity contribution is 0.0524.